The zero-order chi connectivity index (χ0) is 18.1. The number of nitrogens with zero attached hydrogens (tertiary/aromatic N) is 2. The van der Waals surface area contributed by atoms with E-state index in [0.717, 1.165) is 11.3 Å². The SMILES string of the molecule is CN(C(=O)O)C1(C(N)=NO)CCC(CO[Si](C)(C)C(C)(C)C)C1. The van der Waals surface area contributed by atoms with E-state index in [1.165, 1.54) is 7.05 Å². The molecule has 0 aromatic rings. The normalized spacial score (nSPS) is 26.3. The average molecular weight is 346 g/mol. The standard InChI is InChI=1S/C15H31N3O4Si/c1-14(2,3)23(5,6)22-10-11-7-8-15(9-11,12(16)17-21)18(4)13(19)20/h11,21H,7-10H2,1-6H3,(H2,16,17)(H,19,20). The molecule has 0 bridgehead atoms. The Hall–Kier alpha value is -1.28. The first kappa shape index (κ1) is 19.8. The van der Waals surface area contributed by atoms with Crippen molar-refractivity contribution in [1.29, 1.82) is 0 Å². The van der Waals surface area contributed by atoms with E-state index in [1.54, 1.807) is 0 Å². The summed E-state index contributed by atoms with van der Waals surface area (Å²) in [7, 11) is -0.374. The lowest BCUT2D eigenvalue weighted by molar-refractivity contribution is 0.117. The summed E-state index contributed by atoms with van der Waals surface area (Å²) in [5.74, 6) is 0.156. The number of amidine groups is 1. The van der Waals surface area contributed by atoms with Crippen molar-refractivity contribution in [3.8, 4) is 0 Å². The summed E-state index contributed by atoms with van der Waals surface area (Å²) in [6, 6.07) is 0. The van der Waals surface area contributed by atoms with Crippen LogP contribution < -0.4 is 5.73 Å². The minimum absolute atomic E-state index is 0.0442. The van der Waals surface area contributed by atoms with E-state index in [0.29, 0.717) is 19.4 Å². The topological polar surface area (TPSA) is 108 Å². The lowest BCUT2D eigenvalue weighted by atomic mass is 9.93. The molecule has 0 aromatic carbocycles. The quantitative estimate of drug-likeness (QED) is 0.233. The lowest BCUT2D eigenvalue weighted by Crippen LogP contribution is -2.56. The molecule has 2 atom stereocenters. The molecule has 1 aliphatic rings. The molecular formula is C15H31N3O4Si. The van der Waals surface area contributed by atoms with Gasteiger partial charge in [0.2, 0.25) is 0 Å². The molecule has 0 radical (unpaired) electrons. The maximum Gasteiger partial charge on any atom is 0.407 e. The molecule has 134 valence electrons. The van der Waals surface area contributed by atoms with Gasteiger partial charge < -0.3 is 20.5 Å². The van der Waals surface area contributed by atoms with E-state index >= 15 is 0 Å². The maximum atomic E-state index is 11.4. The summed E-state index contributed by atoms with van der Waals surface area (Å²) < 4.78 is 6.25. The van der Waals surface area contributed by atoms with Gasteiger partial charge >= 0.3 is 6.09 Å². The van der Waals surface area contributed by atoms with Crippen LogP contribution in [0.2, 0.25) is 18.1 Å². The Kier molecular flexibility index (Phi) is 5.74. The van der Waals surface area contributed by atoms with Crippen LogP contribution in [0.15, 0.2) is 5.16 Å². The number of hydrogen-bond acceptors (Lipinski definition) is 4. The number of hydrogen-bond donors (Lipinski definition) is 3. The number of oxime groups is 1. The second-order valence-corrected chi connectivity index (χ2v) is 12.8. The summed E-state index contributed by atoms with van der Waals surface area (Å²) in [6.07, 6.45) is 0.766. The summed E-state index contributed by atoms with van der Waals surface area (Å²) in [5, 5.41) is 21.6. The van der Waals surface area contributed by atoms with E-state index in [-0.39, 0.29) is 16.8 Å². The molecule has 7 nitrogen and oxygen atoms in total. The van der Waals surface area contributed by atoms with Gasteiger partial charge in [-0.25, -0.2) is 4.79 Å². The van der Waals surface area contributed by atoms with Crippen molar-refractivity contribution in [3.05, 3.63) is 0 Å². The van der Waals surface area contributed by atoms with Crippen LogP contribution in [0.4, 0.5) is 4.79 Å². The third-order valence-corrected chi connectivity index (χ3v) is 10.1. The van der Waals surface area contributed by atoms with Gasteiger partial charge in [-0.1, -0.05) is 25.9 Å². The predicted molar refractivity (Wildman–Crippen MR) is 92.4 cm³/mol. The lowest BCUT2D eigenvalue weighted by Gasteiger charge is -2.38. The molecule has 2 unspecified atom stereocenters. The number of amides is 1. The first-order valence-electron chi connectivity index (χ1n) is 7.96. The molecule has 23 heavy (non-hydrogen) atoms. The van der Waals surface area contributed by atoms with E-state index in [2.05, 4.69) is 39.0 Å². The number of likely N-dealkylation sites (N-methyl/N-ethyl adjacent to an activating group) is 1. The van der Waals surface area contributed by atoms with Gasteiger partial charge in [-0.15, -0.1) is 0 Å². The number of carbonyl (C=O) groups is 1. The fraction of sp³-hybridized carbons (Fsp3) is 0.867. The molecule has 0 spiro atoms. The van der Waals surface area contributed by atoms with Crippen LogP contribution in [0.1, 0.15) is 40.0 Å². The Labute approximate surface area is 139 Å². The summed E-state index contributed by atoms with van der Waals surface area (Å²) >= 11 is 0. The fourth-order valence-corrected chi connectivity index (χ4v) is 3.88. The van der Waals surface area contributed by atoms with Crippen molar-refractivity contribution in [2.45, 2.75) is 63.7 Å². The largest absolute Gasteiger partial charge is 0.465 e. The first-order valence-corrected chi connectivity index (χ1v) is 10.9. The Balaban J connectivity index is 2.84. The minimum atomic E-state index is -1.84. The fourth-order valence-electron chi connectivity index (χ4n) is 2.79. The molecule has 1 rings (SSSR count). The second-order valence-electron chi connectivity index (χ2n) is 8.04. The average Bonchev–Trinajstić information content (AvgIpc) is 2.87. The van der Waals surface area contributed by atoms with E-state index < -0.39 is 19.9 Å². The highest BCUT2D eigenvalue weighted by molar-refractivity contribution is 6.74. The molecule has 1 amide bonds. The van der Waals surface area contributed by atoms with Crippen molar-refractivity contribution in [2.24, 2.45) is 16.8 Å². The summed E-state index contributed by atoms with van der Waals surface area (Å²) in [5.41, 5.74) is 4.89. The summed E-state index contributed by atoms with van der Waals surface area (Å²) in [6.45, 7) is 11.5. The Bertz CT molecular complexity index is 476. The van der Waals surface area contributed by atoms with Crippen LogP contribution in [0.3, 0.4) is 0 Å². The molecule has 1 aliphatic carbocycles. The molecular weight excluding hydrogens is 314 g/mol. The van der Waals surface area contributed by atoms with Crippen molar-refractivity contribution >= 4 is 20.2 Å². The van der Waals surface area contributed by atoms with E-state index in [9.17, 15) is 9.90 Å². The third-order valence-electron chi connectivity index (χ3n) is 5.59. The Morgan fingerprint density at radius 3 is 2.48 bits per heavy atom. The minimum Gasteiger partial charge on any atom is -0.465 e. The van der Waals surface area contributed by atoms with E-state index in [1.807, 2.05) is 0 Å². The van der Waals surface area contributed by atoms with Crippen molar-refractivity contribution in [3.63, 3.8) is 0 Å². The van der Waals surface area contributed by atoms with Crippen LogP contribution in [-0.4, -0.2) is 54.7 Å². The number of rotatable bonds is 5. The highest BCUT2D eigenvalue weighted by Crippen LogP contribution is 2.41. The van der Waals surface area contributed by atoms with Crippen LogP contribution in [-0.2, 0) is 4.43 Å². The van der Waals surface area contributed by atoms with Gasteiger partial charge in [0.1, 0.15) is 5.54 Å². The molecule has 1 saturated carbocycles. The molecule has 1 fully saturated rings. The van der Waals surface area contributed by atoms with Crippen LogP contribution in [0, 0.1) is 5.92 Å². The Morgan fingerprint density at radius 2 is 2.04 bits per heavy atom. The maximum absolute atomic E-state index is 11.4. The molecule has 0 aliphatic heterocycles. The number of carboxylic acid groups (broad SMARTS) is 1. The van der Waals surface area contributed by atoms with Crippen LogP contribution in [0.5, 0.6) is 0 Å². The van der Waals surface area contributed by atoms with Gasteiger partial charge in [-0.3, -0.25) is 4.90 Å². The van der Waals surface area contributed by atoms with Gasteiger partial charge in [0.15, 0.2) is 14.2 Å². The predicted octanol–water partition coefficient (Wildman–Crippen LogP) is 2.90. The van der Waals surface area contributed by atoms with Crippen LogP contribution >= 0.6 is 0 Å². The molecule has 4 N–H and O–H groups in total. The van der Waals surface area contributed by atoms with Gasteiger partial charge in [0, 0.05) is 13.7 Å². The zero-order valence-electron chi connectivity index (χ0n) is 15.1. The molecule has 0 saturated heterocycles. The highest BCUT2D eigenvalue weighted by atomic mass is 28.4. The smallest absolute Gasteiger partial charge is 0.407 e. The summed E-state index contributed by atoms with van der Waals surface area (Å²) in [4.78, 5) is 12.5. The molecule has 0 aromatic heterocycles. The zero-order valence-corrected chi connectivity index (χ0v) is 16.1. The van der Waals surface area contributed by atoms with Crippen molar-refractivity contribution in [2.75, 3.05) is 13.7 Å². The number of nitrogens with two attached hydrogens (primary N) is 1. The van der Waals surface area contributed by atoms with Gasteiger partial charge in [-0.2, -0.15) is 0 Å². The Morgan fingerprint density at radius 1 is 1.48 bits per heavy atom. The van der Waals surface area contributed by atoms with Gasteiger partial charge in [0.05, 0.1) is 0 Å². The highest BCUT2D eigenvalue weighted by Gasteiger charge is 2.49. The van der Waals surface area contributed by atoms with Gasteiger partial charge in [-0.05, 0) is 43.3 Å². The van der Waals surface area contributed by atoms with Gasteiger partial charge in [0.25, 0.3) is 0 Å². The second kappa shape index (κ2) is 6.68. The molecule has 0 heterocycles. The van der Waals surface area contributed by atoms with Crippen molar-refractivity contribution in [1.82, 2.24) is 4.90 Å². The van der Waals surface area contributed by atoms with Crippen LogP contribution in [0.25, 0.3) is 0 Å². The first-order chi connectivity index (χ1) is 10.4. The van der Waals surface area contributed by atoms with E-state index in [4.69, 9.17) is 15.4 Å². The monoisotopic (exact) mass is 345 g/mol. The third kappa shape index (κ3) is 3.98. The van der Waals surface area contributed by atoms with Crippen molar-refractivity contribution < 1.29 is 19.5 Å². The molecule has 8 heteroatoms.